The minimum absolute atomic E-state index is 0.00406. The van der Waals surface area contributed by atoms with Crippen LogP contribution >= 0.6 is 0 Å². The molecule has 2 aromatic carbocycles. The van der Waals surface area contributed by atoms with Gasteiger partial charge in [0.05, 0.1) is 23.5 Å². The lowest BCUT2D eigenvalue weighted by Crippen LogP contribution is -2.49. The molecule has 1 aromatic heterocycles. The molecule has 0 spiro atoms. The third-order valence-electron chi connectivity index (χ3n) is 6.17. The van der Waals surface area contributed by atoms with E-state index in [1.54, 1.807) is 6.20 Å². The predicted octanol–water partition coefficient (Wildman–Crippen LogP) is 2.84. The molecule has 0 atom stereocenters. The van der Waals surface area contributed by atoms with Gasteiger partial charge in [-0.2, -0.15) is 4.31 Å². The number of hydrogen-bond donors (Lipinski definition) is 1. The van der Waals surface area contributed by atoms with E-state index >= 15 is 0 Å². The van der Waals surface area contributed by atoms with E-state index in [-0.39, 0.29) is 36.1 Å². The van der Waals surface area contributed by atoms with E-state index in [4.69, 9.17) is 4.74 Å². The highest BCUT2D eigenvalue weighted by Gasteiger charge is 2.31. The Kier molecular flexibility index (Phi) is 6.69. The number of fused-ring (bicyclic) bond motifs is 1. The van der Waals surface area contributed by atoms with E-state index in [9.17, 15) is 23.3 Å². The van der Waals surface area contributed by atoms with E-state index in [0.717, 1.165) is 29.0 Å². The quantitative estimate of drug-likeness (QED) is 0.295. The number of para-hydroxylation sites is 1. The molecule has 2 heterocycles. The van der Waals surface area contributed by atoms with E-state index in [1.165, 1.54) is 23.5 Å². The summed E-state index contributed by atoms with van der Waals surface area (Å²) < 4.78 is 32.4. The molecule has 0 saturated carbocycles. The summed E-state index contributed by atoms with van der Waals surface area (Å²) in [5, 5.41) is 12.2. The van der Waals surface area contributed by atoms with Crippen LogP contribution in [0.4, 0.5) is 5.69 Å². The van der Waals surface area contributed by atoms with Gasteiger partial charge >= 0.3 is 5.69 Å². The van der Waals surface area contributed by atoms with Crippen LogP contribution in [0.25, 0.3) is 10.9 Å². The number of Topliss-reactive ketones (excluding diaryl/α,β-unsaturated/α-hetero) is 1. The number of nitrogens with zero attached hydrogens (tertiary/aromatic N) is 3. The number of ether oxygens (including phenoxy) is 1. The van der Waals surface area contributed by atoms with E-state index in [1.807, 2.05) is 23.1 Å². The monoisotopic (exact) mass is 486 g/mol. The van der Waals surface area contributed by atoms with Gasteiger partial charge in [-0.25, -0.2) is 8.42 Å². The van der Waals surface area contributed by atoms with Crippen LogP contribution in [-0.2, 0) is 16.4 Å². The first-order chi connectivity index (χ1) is 16.3. The van der Waals surface area contributed by atoms with Crippen LogP contribution in [-0.4, -0.2) is 73.1 Å². The molecular weight excluding hydrogens is 460 g/mol. The molecule has 1 aliphatic rings. The summed E-state index contributed by atoms with van der Waals surface area (Å²) in [7, 11) is -2.63. The number of nitrogens with one attached hydrogen (secondary N) is 1. The Morgan fingerprint density at radius 3 is 2.56 bits per heavy atom. The van der Waals surface area contributed by atoms with E-state index < -0.39 is 20.6 Å². The SMILES string of the molecule is CCc1cccc2c(C(=O)CN3CCN(S(=O)(=O)c4ccc(OC)c([N+](=O)[O-])c4)CC3)c[nH]c12. The fourth-order valence-electron chi connectivity index (χ4n) is 4.28. The molecule has 1 saturated heterocycles. The molecule has 34 heavy (non-hydrogen) atoms. The van der Waals surface area contributed by atoms with Gasteiger partial charge in [0.15, 0.2) is 11.5 Å². The number of aryl methyl sites for hydroxylation is 1. The van der Waals surface area contributed by atoms with Gasteiger partial charge in [-0.15, -0.1) is 0 Å². The number of methoxy groups -OCH3 is 1. The van der Waals surface area contributed by atoms with Crippen LogP contribution < -0.4 is 4.74 Å². The standard InChI is InChI=1S/C23H26N4O6S/c1-3-16-5-4-6-18-19(14-24-23(16)18)21(28)15-25-9-11-26(12-10-25)34(31,32)17-7-8-22(33-2)20(13-17)27(29)30/h4-8,13-14,24H,3,9-12,15H2,1-2H3. The molecule has 1 aliphatic heterocycles. The molecule has 0 amide bonds. The van der Waals surface area contributed by atoms with Crippen molar-refractivity contribution in [3.8, 4) is 5.75 Å². The summed E-state index contributed by atoms with van der Waals surface area (Å²) in [6.07, 6.45) is 2.60. The highest BCUT2D eigenvalue weighted by Crippen LogP contribution is 2.31. The normalized spacial score (nSPS) is 15.5. The lowest BCUT2D eigenvalue weighted by atomic mass is 10.0. The molecule has 11 heteroatoms. The first kappa shape index (κ1) is 23.9. The number of carbonyl (C=O) groups is 1. The first-order valence-electron chi connectivity index (χ1n) is 10.9. The van der Waals surface area contributed by atoms with Gasteiger partial charge in [0.1, 0.15) is 0 Å². The van der Waals surface area contributed by atoms with Crippen molar-refractivity contribution in [1.82, 2.24) is 14.2 Å². The number of benzene rings is 2. The topological polar surface area (TPSA) is 126 Å². The second kappa shape index (κ2) is 9.53. The summed E-state index contributed by atoms with van der Waals surface area (Å²) in [5.41, 5.74) is 2.34. The summed E-state index contributed by atoms with van der Waals surface area (Å²) in [6, 6.07) is 9.51. The van der Waals surface area contributed by atoms with Gasteiger partial charge in [0.2, 0.25) is 10.0 Å². The number of nitro benzene ring substituents is 1. The van der Waals surface area contributed by atoms with Gasteiger partial charge in [-0.1, -0.05) is 25.1 Å². The van der Waals surface area contributed by atoms with Crippen molar-refractivity contribution in [2.24, 2.45) is 0 Å². The van der Waals surface area contributed by atoms with Crippen LogP contribution in [0.15, 0.2) is 47.5 Å². The van der Waals surface area contributed by atoms with Crippen molar-refractivity contribution in [3.05, 3.63) is 63.8 Å². The first-order valence-corrected chi connectivity index (χ1v) is 12.4. The van der Waals surface area contributed by atoms with E-state index in [0.29, 0.717) is 18.7 Å². The fourth-order valence-corrected chi connectivity index (χ4v) is 5.72. The Bertz CT molecular complexity index is 1340. The average Bonchev–Trinajstić information content (AvgIpc) is 3.28. The highest BCUT2D eigenvalue weighted by molar-refractivity contribution is 7.89. The number of piperazine rings is 1. The molecule has 0 aliphatic carbocycles. The molecule has 180 valence electrons. The smallest absolute Gasteiger partial charge is 0.312 e. The van der Waals surface area contributed by atoms with Crippen LogP contribution in [0, 0.1) is 10.1 Å². The zero-order chi connectivity index (χ0) is 24.5. The Morgan fingerprint density at radius 1 is 1.18 bits per heavy atom. The second-order valence-corrected chi connectivity index (χ2v) is 10.0. The van der Waals surface area contributed by atoms with Crippen molar-refractivity contribution >= 4 is 32.4 Å². The third kappa shape index (κ3) is 4.41. The summed E-state index contributed by atoms with van der Waals surface area (Å²) in [4.78, 5) is 28.6. The Morgan fingerprint density at radius 2 is 1.91 bits per heavy atom. The predicted molar refractivity (Wildman–Crippen MR) is 127 cm³/mol. The maximum absolute atomic E-state index is 13.1. The van der Waals surface area contributed by atoms with Gasteiger partial charge in [-0.05, 0) is 24.1 Å². The van der Waals surface area contributed by atoms with Crippen molar-refractivity contribution in [2.45, 2.75) is 18.2 Å². The van der Waals surface area contributed by atoms with Crippen molar-refractivity contribution in [3.63, 3.8) is 0 Å². The van der Waals surface area contributed by atoms with Crippen LogP contribution in [0.1, 0.15) is 22.8 Å². The zero-order valence-electron chi connectivity index (χ0n) is 19.0. The molecule has 3 aromatic rings. The number of ketones is 1. The molecule has 0 radical (unpaired) electrons. The Hall–Kier alpha value is -3.28. The number of aromatic nitrogens is 1. The number of aromatic amines is 1. The van der Waals surface area contributed by atoms with Crippen molar-refractivity contribution in [2.75, 3.05) is 39.8 Å². The van der Waals surface area contributed by atoms with Crippen LogP contribution in [0.2, 0.25) is 0 Å². The number of rotatable bonds is 8. The van der Waals surface area contributed by atoms with Gasteiger partial charge in [0.25, 0.3) is 0 Å². The van der Waals surface area contributed by atoms with Gasteiger partial charge in [0, 0.05) is 54.9 Å². The molecule has 0 unspecified atom stereocenters. The lowest BCUT2D eigenvalue weighted by Gasteiger charge is -2.33. The number of H-pyrrole nitrogens is 1. The Labute approximate surface area is 197 Å². The second-order valence-electron chi connectivity index (χ2n) is 8.09. The lowest BCUT2D eigenvalue weighted by molar-refractivity contribution is -0.386. The third-order valence-corrected chi connectivity index (χ3v) is 8.06. The zero-order valence-corrected chi connectivity index (χ0v) is 19.8. The van der Waals surface area contributed by atoms with Crippen molar-refractivity contribution in [1.29, 1.82) is 0 Å². The summed E-state index contributed by atoms with van der Waals surface area (Å²) >= 11 is 0. The maximum atomic E-state index is 13.1. The number of carbonyl (C=O) groups excluding carboxylic acids is 1. The Balaban J connectivity index is 1.44. The molecular formula is C23H26N4O6S. The number of nitro groups is 1. The molecule has 1 fully saturated rings. The summed E-state index contributed by atoms with van der Waals surface area (Å²) in [5.74, 6) is -0.0304. The van der Waals surface area contributed by atoms with Gasteiger partial charge in [-0.3, -0.25) is 19.8 Å². The molecule has 4 rings (SSSR count). The minimum Gasteiger partial charge on any atom is -0.490 e. The average molecular weight is 487 g/mol. The molecule has 0 bridgehead atoms. The molecule has 1 N–H and O–H groups in total. The van der Waals surface area contributed by atoms with Crippen molar-refractivity contribution < 1.29 is 22.9 Å². The van der Waals surface area contributed by atoms with Crippen LogP contribution in [0.5, 0.6) is 5.75 Å². The fraction of sp³-hybridized carbons (Fsp3) is 0.348. The largest absolute Gasteiger partial charge is 0.490 e. The highest BCUT2D eigenvalue weighted by atomic mass is 32.2. The van der Waals surface area contributed by atoms with Gasteiger partial charge < -0.3 is 9.72 Å². The van der Waals surface area contributed by atoms with E-state index in [2.05, 4.69) is 11.9 Å². The summed E-state index contributed by atoms with van der Waals surface area (Å²) in [6.45, 7) is 3.38. The molecule has 10 nitrogen and oxygen atoms in total. The maximum Gasteiger partial charge on any atom is 0.312 e. The minimum atomic E-state index is -3.92. The number of hydrogen-bond acceptors (Lipinski definition) is 7. The van der Waals surface area contributed by atoms with Crippen LogP contribution in [0.3, 0.4) is 0 Å². The number of sulfonamides is 1.